The molecule has 4 aromatic carbocycles. The number of nitrogens with zero attached hydrogens (tertiary/aromatic N) is 10. The Bertz CT molecular complexity index is 3800. The normalized spacial score (nSPS) is 20.2. The molecule has 0 spiro atoms. The third kappa shape index (κ3) is 13.0. The molecule has 6 aliphatic heterocycles. The van der Waals surface area contributed by atoms with E-state index in [4.69, 9.17) is 40.5 Å². The van der Waals surface area contributed by atoms with Crippen molar-refractivity contribution in [3.63, 3.8) is 0 Å². The maximum Gasteiger partial charge on any atom is 0.338 e. The largest absolute Gasteiger partial charge is 0.466 e. The van der Waals surface area contributed by atoms with Crippen molar-refractivity contribution >= 4 is 94.3 Å². The maximum absolute atomic E-state index is 14.7. The van der Waals surface area contributed by atoms with Crippen LogP contribution in [0.5, 0.6) is 0 Å². The Morgan fingerprint density at radius 3 is 1.54 bits per heavy atom. The summed E-state index contributed by atoms with van der Waals surface area (Å²) in [4.78, 5) is 104. The molecule has 12 rings (SSSR count). The molecule has 0 bridgehead atoms. The molecule has 6 aliphatic rings. The lowest BCUT2D eigenvalue weighted by molar-refractivity contribution is -0.137. The van der Waals surface area contributed by atoms with E-state index in [0.29, 0.717) is 116 Å². The maximum atomic E-state index is 14.7. The zero-order valence-electron chi connectivity index (χ0n) is 48.1. The van der Waals surface area contributed by atoms with Crippen molar-refractivity contribution in [3.05, 3.63) is 185 Å². The van der Waals surface area contributed by atoms with E-state index < -0.39 is 41.5 Å². The van der Waals surface area contributed by atoms with Gasteiger partial charge >= 0.3 is 24.0 Å². The van der Waals surface area contributed by atoms with E-state index >= 15 is 0 Å². The molecular formula is C61H58ClF3N12O10S2. The first-order valence-corrected chi connectivity index (χ1v) is 30.2. The minimum atomic E-state index is -1.00. The van der Waals surface area contributed by atoms with Gasteiger partial charge < -0.3 is 39.4 Å². The molecule has 462 valence electrons. The summed E-state index contributed by atoms with van der Waals surface area (Å²) in [5.74, 6) is -3.01. The van der Waals surface area contributed by atoms with Gasteiger partial charge in [0, 0.05) is 117 Å². The molecule has 6 aromatic rings. The standard InChI is InChI=1S/C31H30F2N6O5S.C30H28ClFN6O5S/c1-18-22(7-8-23(32)26(18)33)27-25(30(41)43-2)24(35-28(36-27)29-34-9-12-45-29)15-37-10-11-38-21(13-37)14-39(31(38)42)20-5-3-19(4-6-20)16-44-17-40;1-42-29(40)24-23(34-27(28-33-9-12-44-28)35-26(24)21-3-2-4-22(32)25(21)31)15-36-10-11-37-20(13-36)14-38(30(37)41)19-7-5-18(6-8-19)16-43-17-39/h3-9,12,17,21,27H,10-11,13-16H2,1-2H3,(H,35,36);2-9,12,17,20,26H,10-11,13-16H2,1H3,(H,34,35)/t21-,27-;20-,26-/m00/s1. The highest BCUT2D eigenvalue weighted by atomic mass is 35.5. The summed E-state index contributed by atoms with van der Waals surface area (Å²) in [5, 5.41) is 11.3. The Balaban J connectivity index is 0.000000184. The lowest BCUT2D eigenvalue weighted by atomic mass is 9.92. The first-order chi connectivity index (χ1) is 43.2. The Kier molecular flexibility index (Phi) is 18.8. The molecule has 22 nitrogen and oxygen atoms in total. The van der Waals surface area contributed by atoms with Crippen molar-refractivity contribution in [1.82, 2.24) is 40.2 Å². The number of aliphatic imine (C=N–C) groups is 2. The number of hydrogen-bond acceptors (Lipinski definition) is 20. The number of amidine groups is 2. The van der Waals surface area contributed by atoms with Gasteiger partial charge in [-0.3, -0.25) is 39.2 Å². The zero-order valence-corrected chi connectivity index (χ0v) is 50.5. The summed E-state index contributed by atoms with van der Waals surface area (Å²) in [6.45, 7) is 7.31. The van der Waals surface area contributed by atoms with Crippen molar-refractivity contribution in [1.29, 1.82) is 0 Å². The van der Waals surface area contributed by atoms with Gasteiger partial charge in [-0.1, -0.05) is 54.1 Å². The van der Waals surface area contributed by atoms with Gasteiger partial charge in [-0.15, -0.1) is 22.7 Å². The number of halogens is 4. The van der Waals surface area contributed by atoms with Crippen LogP contribution in [0.25, 0.3) is 0 Å². The summed E-state index contributed by atoms with van der Waals surface area (Å²) < 4.78 is 63.3. The van der Waals surface area contributed by atoms with E-state index in [1.807, 2.05) is 63.7 Å². The fourth-order valence-corrected chi connectivity index (χ4v) is 13.1. The van der Waals surface area contributed by atoms with Crippen LogP contribution in [-0.4, -0.2) is 170 Å². The van der Waals surface area contributed by atoms with Gasteiger partial charge in [-0.05, 0) is 65.6 Å². The van der Waals surface area contributed by atoms with Crippen molar-refractivity contribution in [2.45, 2.75) is 44.3 Å². The fourth-order valence-electron chi connectivity index (χ4n) is 11.7. The van der Waals surface area contributed by atoms with Crippen LogP contribution in [0.15, 0.2) is 135 Å². The van der Waals surface area contributed by atoms with Crippen molar-refractivity contribution < 1.29 is 60.9 Å². The van der Waals surface area contributed by atoms with Crippen LogP contribution in [0.4, 0.5) is 34.1 Å². The second-order valence-corrected chi connectivity index (χ2v) is 23.4. The SMILES string of the molecule is COC(=O)C1=C(CN2CCN3C(=O)N(c4ccc(COC=O)cc4)C[C@@H]3C2)NC(c2nccs2)=N[C@H]1c1ccc(F)c(F)c1C.COC(=O)C1=C(CN2CCN3C(=O)N(c4ccc(COC=O)cc4)C[C@@H]3C2)NC(c2nccs2)=N[C@H]1c1cccc(F)c1Cl. The number of nitrogens with one attached hydrogen (secondary N) is 2. The third-order valence-electron chi connectivity index (χ3n) is 16.1. The Hall–Kier alpha value is -9.02. The average molecular weight is 1280 g/mol. The molecule has 8 heterocycles. The van der Waals surface area contributed by atoms with E-state index in [2.05, 4.69) is 30.4 Å². The molecule has 0 saturated carbocycles. The number of ether oxygens (including phenoxy) is 4. The van der Waals surface area contributed by atoms with Gasteiger partial charge in [0.15, 0.2) is 33.3 Å². The molecule has 89 heavy (non-hydrogen) atoms. The number of aromatic nitrogens is 2. The monoisotopic (exact) mass is 1270 g/mol. The van der Waals surface area contributed by atoms with E-state index in [1.54, 1.807) is 33.6 Å². The lowest BCUT2D eigenvalue weighted by Gasteiger charge is -2.38. The predicted molar refractivity (Wildman–Crippen MR) is 324 cm³/mol. The number of fused-ring (bicyclic) bond motifs is 2. The first kappa shape index (κ1) is 61.6. The highest BCUT2D eigenvalue weighted by Gasteiger charge is 2.45. The second-order valence-electron chi connectivity index (χ2n) is 21.3. The Morgan fingerprint density at radius 1 is 0.629 bits per heavy atom. The molecule has 0 unspecified atom stereocenters. The number of anilines is 2. The van der Waals surface area contributed by atoms with Gasteiger partial charge in [0.1, 0.15) is 31.1 Å². The number of benzene rings is 4. The van der Waals surface area contributed by atoms with Gasteiger partial charge in [-0.25, -0.2) is 42.3 Å². The molecule has 0 radical (unpaired) electrons. The minimum Gasteiger partial charge on any atom is -0.466 e. The topological polar surface area (TPSA) is 233 Å². The number of carbonyl (C=O) groups is 6. The highest BCUT2D eigenvalue weighted by molar-refractivity contribution is 7.12. The molecule has 4 atom stereocenters. The van der Waals surface area contributed by atoms with Crippen molar-refractivity contribution in [2.24, 2.45) is 9.98 Å². The summed E-state index contributed by atoms with van der Waals surface area (Å²) >= 11 is 9.13. The van der Waals surface area contributed by atoms with Crippen LogP contribution in [0.2, 0.25) is 5.02 Å². The van der Waals surface area contributed by atoms with E-state index in [1.165, 1.54) is 62.0 Å². The van der Waals surface area contributed by atoms with Crippen LogP contribution in [0.1, 0.15) is 49.9 Å². The number of rotatable bonds is 18. The number of thiazole rings is 2. The number of urea groups is 2. The highest BCUT2D eigenvalue weighted by Crippen LogP contribution is 2.40. The van der Waals surface area contributed by atoms with E-state index in [-0.39, 0.29) is 65.6 Å². The van der Waals surface area contributed by atoms with Gasteiger partial charge in [0.2, 0.25) is 0 Å². The minimum absolute atomic E-state index is 0.0485. The predicted octanol–water partition coefficient (Wildman–Crippen LogP) is 7.30. The van der Waals surface area contributed by atoms with Crippen LogP contribution in [0, 0.1) is 24.4 Å². The molecule has 2 N–H and O–H groups in total. The van der Waals surface area contributed by atoms with Crippen molar-refractivity contribution in [3.8, 4) is 0 Å². The number of carbonyl (C=O) groups excluding carboxylic acids is 6. The summed E-state index contributed by atoms with van der Waals surface area (Å²) in [6, 6.07) is 19.3. The molecule has 2 aromatic heterocycles. The quantitative estimate of drug-likeness (QED) is 0.0488. The van der Waals surface area contributed by atoms with E-state index in [9.17, 15) is 41.9 Å². The number of piperazine rings is 2. The molecule has 4 fully saturated rings. The average Bonchev–Trinajstić information content (AvgIpc) is 1.70. The number of esters is 2. The molecular weight excluding hydrogens is 1220 g/mol. The zero-order chi connectivity index (χ0) is 62.5. The number of methoxy groups -OCH3 is 2. The molecule has 4 saturated heterocycles. The van der Waals surface area contributed by atoms with Crippen LogP contribution in [-0.2, 0) is 51.3 Å². The smallest absolute Gasteiger partial charge is 0.338 e. The van der Waals surface area contributed by atoms with Gasteiger partial charge in [0.25, 0.3) is 12.9 Å². The Morgan fingerprint density at radius 2 is 1.10 bits per heavy atom. The van der Waals surface area contributed by atoms with Crippen molar-refractivity contribution in [2.75, 3.05) is 89.5 Å². The molecule has 4 amide bonds. The third-order valence-corrected chi connectivity index (χ3v) is 18.0. The number of hydrogen-bond donors (Lipinski definition) is 2. The summed E-state index contributed by atoms with van der Waals surface area (Å²) in [6.07, 6.45) is 3.29. The molecule has 0 aliphatic carbocycles. The summed E-state index contributed by atoms with van der Waals surface area (Å²) in [7, 11) is 2.55. The second kappa shape index (κ2) is 27.2. The first-order valence-electron chi connectivity index (χ1n) is 28.1. The number of amides is 4. The van der Waals surface area contributed by atoms with Crippen LogP contribution < -0.4 is 20.4 Å². The van der Waals surface area contributed by atoms with Crippen LogP contribution >= 0.6 is 34.3 Å². The van der Waals surface area contributed by atoms with Gasteiger partial charge in [0.05, 0.1) is 42.5 Å². The van der Waals surface area contributed by atoms with E-state index in [0.717, 1.165) is 28.6 Å². The van der Waals surface area contributed by atoms with Crippen LogP contribution in [0.3, 0.4) is 0 Å². The fraction of sp³-hybridized carbons (Fsp3) is 0.311. The lowest BCUT2D eigenvalue weighted by Crippen LogP contribution is -2.53. The summed E-state index contributed by atoms with van der Waals surface area (Å²) in [5.41, 5.74) is 5.35. The van der Waals surface area contributed by atoms with Gasteiger partial charge in [-0.2, -0.15) is 0 Å². The molecule has 28 heteroatoms. The Labute approximate surface area is 521 Å².